The van der Waals surface area contributed by atoms with Crippen LogP contribution in [-0.4, -0.2) is 15.7 Å². The number of fused-ring (bicyclic) bond motifs is 1. The smallest absolute Gasteiger partial charge is 0.332 e. The highest BCUT2D eigenvalue weighted by Gasteiger charge is 2.31. The summed E-state index contributed by atoms with van der Waals surface area (Å²) in [5, 5.41) is 4.19. The van der Waals surface area contributed by atoms with Gasteiger partial charge in [-0.3, -0.25) is 13.9 Å². The molecule has 3 heterocycles. The Bertz CT molecular complexity index is 1190. The van der Waals surface area contributed by atoms with Crippen LogP contribution in [0.5, 0.6) is 0 Å². The van der Waals surface area contributed by atoms with E-state index in [2.05, 4.69) is 55.9 Å². The molecule has 2 aliphatic rings. The van der Waals surface area contributed by atoms with E-state index in [0.717, 1.165) is 46.4 Å². The van der Waals surface area contributed by atoms with E-state index in [9.17, 15) is 9.59 Å². The van der Waals surface area contributed by atoms with Crippen molar-refractivity contribution in [1.82, 2.24) is 14.5 Å². The summed E-state index contributed by atoms with van der Waals surface area (Å²) < 4.78 is 4.19. The topological polar surface area (TPSA) is 56.0 Å². The van der Waals surface area contributed by atoms with E-state index in [0.29, 0.717) is 17.8 Å². The standard InChI is InChI=1S/C23H30BrN3O2S/c1-6-15-10-25-14(5)17(13(15)4)9-18-20(24)19-21(28)27(16-7-8-16)23(29)26(11-12(2)3)22(19)30-18/h12,16,25H,6-11H2,1-5H3. The number of dihydropyridines is 1. The van der Waals surface area contributed by atoms with E-state index in [4.69, 9.17) is 0 Å². The van der Waals surface area contributed by atoms with Crippen molar-refractivity contribution in [1.29, 1.82) is 0 Å². The minimum atomic E-state index is -0.150. The van der Waals surface area contributed by atoms with Crippen LogP contribution >= 0.6 is 27.3 Å². The molecule has 1 fully saturated rings. The number of nitrogens with zero attached hydrogens (tertiary/aromatic N) is 2. The van der Waals surface area contributed by atoms with Gasteiger partial charge in [0.25, 0.3) is 5.56 Å². The average molecular weight is 492 g/mol. The predicted octanol–water partition coefficient (Wildman–Crippen LogP) is 5.12. The second-order valence-electron chi connectivity index (χ2n) is 8.93. The summed E-state index contributed by atoms with van der Waals surface area (Å²) in [5.74, 6) is 0.324. The van der Waals surface area contributed by atoms with Crippen LogP contribution in [0.4, 0.5) is 0 Å². The summed E-state index contributed by atoms with van der Waals surface area (Å²) in [6, 6.07) is 0.0628. The maximum absolute atomic E-state index is 13.3. The minimum absolute atomic E-state index is 0.0628. The molecule has 5 nitrogen and oxygen atoms in total. The number of hydrogen-bond acceptors (Lipinski definition) is 4. The first-order valence-electron chi connectivity index (χ1n) is 10.8. The highest BCUT2D eigenvalue weighted by atomic mass is 79.9. The van der Waals surface area contributed by atoms with Gasteiger partial charge in [0, 0.05) is 40.6 Å². The summed E-state index contributed by atoms with van der Waals surface area (Å²) >= 11 is 5.34. The predicted molar refractivity (Wildman–Crippen MR) is 129 cm³/mol. The lowest BCUT2D eigenvalue weighted by Gasteiger charge is -2.24. The molecule has 1 N–H and O–H groups in total. The quantitative estimate of drug-likeness (QED) is 0.609. The average Bonchev–Trinajstić information content (AvgIpc) is 3.46. The summed E-state index contributed by atoms with van der Waals surface area (Å²) in [7, 11) is 0. The second-order valence-corrected chi connectivity index (χ2v) is 10.8. The zero-order valence-corrected chi connectivity index (χ0v) is 20.8. The van der Waals surface area contributed by atoms with Gasteiger partial charge in [-0.1, -0.05) is 20.8 Å². The Morgan fingerprint density at radius 1 is 1.23 bits per heavy atom. The number of hydrogen-bond donors (Lipinski definition) is 1. The SMILES string of the molecule is CCC1=C(C)C(Cc2sc3c(c2Br)c(=O)n(C2CC2)c(=O)n3CC(C)C)=C(C)NC1. The Balaban J connectivity index is 1.90. The van der Waals surface area contributed by atoms with E-state index in [1.54, 1.807) is 11.3 Å². The maximum atomic E-state index is 13.3. The molecular weight excluding hydrogens is 462 g/mol. The van der Waals surface area contributed by atoms with Crippen LogP contribution in [-0.2, 0) is 13.0 Å². The van der Waals surface area contributed by atoms with Gasteiger partial charge in [0.2, 0.25) is 0 Å². The molecule has 4 rings (SSSR count). The molecule has 0 aromatic carbocycles. The molecule has 30 heavy (non-hydrogen) atoms. The van der Waals surface area contributed by atoms with Crippen molar-refractivity contribution in [2.75, 3.05) is 6.54 Å². The number of allylic oxidation sites excluding steroid dienone is 3. The zero-order valence-electron chi connectivity index (χ0n) is 18.4. The van der Waals surface area contributed by atoms with Crippen molar-refractivity contribution >= 4 is 37.5 Å². The Kier molecular flexibility index (Phi) is 5.88. The summed E-state index contributed by atoms with van der Waals surface area (Å²) in [6.45, 7) is 12.3. The molecule has 0 unspecified atom stereocenters. The largest absolute Gasteiger partial charge is 0.385 e. The van der Waals surface area contributed by atoms with Crippen molar-refractivity contribution in [3.63, 3.8) is 0 Å². The van der Waals surface area contributed by atoms with Gasteiger partial charge in [-0.25, -0.2) is 4.79 Å². The van der Waals surface area contributed by atoms with E-state index in [1.807, 2.05) is 4.57 Å². The Labute approximate surface area is 189 Å². The molecule has 0 atom stereocenters. The number of nitrogens with one attached hydrogen (secondary N) is 1. The van der Waals surface area contributed by atoms with Gasteiger partial charge in [-0.2, -0.15) is 0 Å². The van der Waals surface area contributed by atoms with Gasteiger partial charge in [-0.15, -0.1) is 11.3 Å². The van der Waals surface area contributed by atoms with E-state index in [-0.39, 0.29) is 17.3 Å². The highest BCUT2D eigenvalue weighted by molar-refractivity contribution is 9.10. The molecule has 1 saturated carbocycles. The van der Waals surface area contributed by atoms with Crippen molar-refractivity contribution in [2.24, 2.45) is 5.92 Å². The van der Waals surface area contributed by atoms with E-state index >= 15 is 0 Å². The molecule has 1 aliphatic carbocycles. The molecule has 1 aliphatic heterocycles. The summed E-state index contributed by atoms with van der Waals surface area (Å²) in [6.07, 6.45) is 3.62. The molecule has 162 valence electrons. The fourth-order valence-corrected chi connectivity index (χ4v) is 6.40. The molecule has 0 amide bonds. The van der Waals surface area contributed by atoms with Crippen LogP contribution in [0.15, 0.2) is 36.5 Å². The Morgan fingerprint density at radius 2 is 1.93 bits per heavy atom. The van der Waals surface area contributed by atoms with Gasteiger partial charge < -0.3 is 5.32 Å². The zero-order chi connectivity index (χ0) is 21.7. The third-order valence-corrected chi connectivity index (χ3v) is 8.59. The first-order valence-corrected chi connectivity index (χ1v) is 12.4. The molecule has 2 aromatic heterocycles. The van der Waals surface area contributed by atoms with Crippen molar-refractivity contribution < 1.29 is 0 Å². The highest BCUT2D eigenvalue weighted by Crippen LogP contribution is 2.39. The van der Waals surface area contributed by atoms with E-state index in [1.165, 1.54) is 27.0 Å². The number of aromatic nitrogens is 2. The van der Waals surface area contributed by atoms with Gasteiger partial charge in [0.1, 0.15) is 4.83 Å². The van der Waals surface area contributed by atoms with Crippen molar-refractivity contribution in [2.45, 2.75) is 72.9 Å². The lowest BCUT2D eigenvalue weighted by molar-refractivity contribution is 0.493. The van der Waals surface area contributed by atoms with Crippen LogP contribution in [0, 0.1) is 5.92 Å². The third-order valence-electron chi connectivity index (χ3n) is 6.24. The van der Waals surface area contributed by atoms with Crippen LogP contribution in [0.1, 0.15) is 64.8 Å². The van der Waals surface area contributed by atoms with Crippen LogP contribution in [0.2, 0.25) is 0 Å². The number of halogens is 1. The number of thiophene rings is 1. The van der Waals surface area contributed by atoms with Crippen LogP contribution in [0.3, 0.4) is 0 Å². The Hall–Kier alpha value is -1.60. The molecule has 2 aromatic rings. The molecule has 0 bridgehead atoms. The number of rotatable bonds is 6. The summed E-state index contributed by atoms with van der Waals surface area (Å²) in [4.78, 5) is 28.4. The summed E-state index contributed by atoms with van der Waals surface area (Å²) in [5.41, 5.74) is 4.99. The van der Waals surface area contributed by atoms with Crippen molar-refractivity contribution in [3.05, 3.63) is 52.6 Å². The fourth-order valence-electron chi connectivity index (χ4n) is 4.33. The van der Waals surface area contributed by atoms with Gasteiger partial charge in [0.15, 0.2) is 0 Å². The maximum Gasteiger partial charge on any atom is 0.332 e. The normalized spacial score (nSPS) is 17.4. The first-order chi connectivity index (χ1) is 14.2. The van der Waals surface area contributed by atoms with E-state index < -0.39 is 0 Å². The van der Waals surface area contributed by atoms with Crippen LogP contribution in [0.25, 0.3) is 10.2 Å². The lowest BCUT2D eigenvalue weighted by Crippen LogP contribution is -2.39. The van der Waals surface area contributed by atoms with Gasteiger partial charge in [-0.05, 0) is 71.7 Å². The van der Waals surface area contributed by atoms with Gasteiger partial charge in [0.05, 0.1) is 5.39 Å². The van der Waals surface area contributed by atoms with Gasteiger partial charge >= 0.3 is 5.69 Å². The second kappa shape index (κ2) is 8.15. The first kappa shape index (κ1) is 21.6. The van der Waals surface area contributed by atoms with Crippen molar-refractivity contribution in [3.8, 4) is 0 Å². The minimum Gasteiger partial charge on any atom is -0.385 e. The van der Waals surface area contributed by atoms with Crippen LogP contribution < -0.4 is 16.6 Å². The third kappa shape index (κ3) is 3.64. The molecule has 0 radical (unpaired) electrons. The molecule has 7 heteroatoms. The molecule has 0 saturated heterocycles. The monoisotopic (exact) mass is 491 g/mol. The fraction of sp³-hybridized carbons (Fsp3) is 0.565. The lowest BCUT2D eigenvalue weighted by atomic mass is 9.92. The molecular formula is C23H30BrN3O2S. The Morgan fingerprint density at radius 3 is 2.53 bits per heavy atom. The molecule has 0 spiro atoms.